The van der Waals surface area contributed by atoms with Crippen LogP contribution in [0, 0.1) is 0 Å². The summed E-state index contributed by atoms with van der Waals surface area (Å²) in [5, 5.41) is 7.74. The van der Waals surface area contributed by atoms with Crippen LogP contribution in [-0.4, -0.2) is 25.7 Å². The molecular formula is C21H16BrN5OS. The molecule has 2 aromatic heterocycles. The fraction of sp³-hybridized carbons (Fsp3) is 0.0476. The average Bonchev–Trinajstić information content (AvgIpc) is 3.23. The first-order valence-corrected chi connectivity index (χ1v) is 10.4. The number of aromatic nitrogens is 4. The Hall–Kier alpha value is -2.97. The molecular weight excluding hydrogens is 450 g/mol. The van der Waals surface area contributed by atoms with E-state index in [0.717, 1.165) is 20.6 Å². The molecule has 29 heavy (non-hydrogen) atoms. The summed E-state index contributed by atoms with van der Waals surface area (Å²) in [5.74, 6) is -0.199. The van der Waals surface area contributed by atoms with E-state index < -0.39 is 0 Å². The van der Waals surface area contributed by atoms with Gasteiger partial charge in [0.05, 0.1) is 12.1 Å². The molecule has 144 valence electrons. The third-order valence-electron chi connectivity index (χ3n) is 4.04. The lowest BCUT2D eigenvalue weighted by Gasteiger charge is -2.10. The molecule has 0 aliphatic rings. The van der Waals surface area contributed by atoms with Gasteiger partial charge >= 0.3 is 0 Å². The van der Waals surface area contributed by atoms with E-state index in [0.29, 0.717) is 17.1 Å². The van der Waals surface area contributed by atoms with Gasteiger partial charge in [-0.25, -0.2) is 14.6 Å². The Morgan fingerprint density at radius 1 is 1.10 bits per heavy atom. The van der Waals surface area contributed by atoms with Crippen molar-refractivity contribution in [2.75, 3.05) is 5.32 Å². The van der Waals surface area contributed by atoms with Gasteiger partial charge in [0, 0.05) is 21.3 Å². The summed E-state index contributed by atoms with van der Waals surface area (Å²) >= 11 is 4.89. The van der Waals surface area contributed by atoms with Crippen LogP contribution in [-0.2, 0) is 6.54 Å². The normalized spacial score (nSPS) is 10.7. The van der Waals surface area contributed by atoms with Crippen LogP contribution < -0.4 is 5.32 Å². The molecule has 4 rings (SSSR count). The Labute approximate surface area is 180 Å². The summed E-state index contributed by atoms with van der Waals surface area (Å²) in [5.41, 5.74) is 2.27. The number of carbonyl (C=O) groups excluding carboxylic acids is 1. The first-order chi connectivity index (χ1) is 14.2. The van der Waals surface area contributed by atoms with E-state index in [1.165, 1.54) is 18.1 Å². The first kappa shape index (κ1) is 19.4. The van der Waals surface area contributed by atoms with Gasteiger partial charge in [0.25, 0.3) is 5.91 Å². The lowest BCUT2D eigenvalue weighted by Crippen LogP contribution is -2.14. The Morgan fingerprint density at radius 2 is 1.97 bits per heavy atom. The summed E-state index contributed by atoms with van der Waals surface area (Å²) in [7, 11) is 0. The van der Waals surface area contributed by atoms with Gasteiger partial charge in [0.1, 0.15) is 17.7 Å². The highest BCUT2D eigenvalue weighted by Crippen LogP contribution is 2.30. The number of pyridine rings is 1. The number of carbonyl (C=O) groups is 1. The van der Waals surface area contributed by atoms with Gasteiger partial charge in [0.2, 0.25) is 0 Å². The van der Waals surface area contributed by atoms with Crippen LogP contribution in [0.25, 0.3) is 0 Å². The minimum Gasteiger partial charge on any atom is -0.322 e. The lowest BCUT2D eigenvalue weighted by molar-refractivity contribution is 0.102. The van der Waals surface area contributed by atoms with Crippen molar-refractivity contribution in [1.29, 1.82) is 0 Å². The van der Waals surface area contributed by atoms with Gasteiger partial charge in [-0.2, -0.15) is 5.10 Å². The third kappa shape index (κ3) is 5.10. The second-order valence-electron chi connectivity index (χ2n) is 6.16. The number of nitrogens with zero attached hydrogens (tertiary/aromatic N) is 4. The van der Waals surface area contributed by atoms with Gasteiger partial charge in [-0.3, -0.25) is 4.79 Å². The Balaban J connectivity index is 1.51. The number of halogens is 1. The second-order valence-corrected chi connectivity index (χ2v) is 8.14. The van der Waals surface area contributed by atoms with Crippen molar-refractivity contribution in [3.63, 3.8) is 0 Å². The topological polar surface area (TPSA) is 72.7 Å². The summed E-state index contributed by atoms with van der Waals surface area (Å²) in [6.45, 7) is 0.585. The number of hydrogen-bond donors (Lipinski definition) is 1. The number of amides is 1. The largest absolute Gasteiger partial charge is 0.322 e. The van der Waals surface area contributed by atoms with E-state index in [1.807, 2.05) is 48.5 Å². The minimum absolute atomic E-state index is 0.199. The minimum atomic E-state index is -0.199. The van der Waals surface area contributed by atoms with Gasteiger partial charge < -0.3 is 5.32 Å². The zero-order valence-electron chi connectivity index (χ0n) is 15.2. The molecule has 0 radical (unpaired) electrons. The highest BCUT2D eigenvalue weighted by Gasteiger charge is 2.14. The second kappa shape index (κ2) is 9.02. The molecule has 1 N–H and O–H groups in total. The van der Waals surface area contributed by atoms with Crippen LogP contribution in [0.3, 0.4) is 0 Å². The number of hydrogen-bond acceptors (Lipinski definition) is 5. The van der Waals surface area contributed by atoms with Gasteiger partial charge in [-0.05, 0) is 54.1 Å². The Bertz CT molecular complexity index is 1120. The molecule has 6 nitrogen and oxygen atoms in total. The van der Waals surface area contributed by atoms with E-state index in [-0.39, 0.29) is 5.91 Å². The summed E-state index contributed by atoms with van der Waals surface area (Å²) in [6.07, 6.45) is 4.85. The molecule has 0 atom stereocenters. The molecule has 2 aromatic carbocycles. The zero-order valence-corrected chi connectivity index (χ0v) is 17.6. The Kier molecular flexibility index (Phi) is 6.02. The molecule has 0 unspecified atom stereocenters. The number of nitrogens with one attached hydrogen (secondary N) is 1. The zero-order chi connectivity index (χ0) is 20.1. The molecule has 0 fully saturated rings. The molecule has 0 bridgehead atoms. The average molecular weight is 466 g/mol. The van der Waals surface area contributed by atoms with Crippen molar-refractivity contribution in [3.05, 3.63) is 95.1 Å². The van der Waals surface area contributed by atoms with Crippen LogP contribution >= 0.6 is 27.7 Å². The monoisotopic (exact) mass is 465 g/mol. The highest BCUT2D eigenvalue weighted by molar-refractivity contribution is 9.10. The molecule has 4 aromatic rings. The van der Waals surface area contributed by atoms with Crippen molar-refractivity contribution in [1.82, 2.24) is 19.7 Å². The van der Waals surface area contributed by atoms with Crippen molar-refractivity contribution in [2.45, 2.75) is 16.5 Å². The van der Waals surface area contributed by atoms with Crippen molar-refractivity contribution >= 4 is 39.3 Å². The maximum Gasteiger partial charge on any atom is 0.258 e. The third-order valence-corrected chi connectivity index (χ3v) is 5.60. The van der Waals surface area contributed by atoms with Crippen molar-refractivity contribution in [3.8, 4) is 0 Å². The number of anilines is 1. The summed E-state index contributed by atoms with van der Waals surface area (Å²) < 4.78 is 2.74. The highest BCUT2D eigenvalue weighted by atomic mass is 79.9. The van der Waals surface area contributed by atoms with Crippen molar-refractivity contribution in [2.24, 2.45) is 0 Å². The lowest BCUT2D eigenvalue weighted by atomic mass is 10.2. The van der Waals surface area contributed by atoms with Gasteiger partial charge in [-0.15, -0.1) is 0 Å². The molecule has 0 spiro atoms. The molecule has 1 amide bonds. The SMILES string of the molecule is O=C(Nc1cccc(Cn2cncn2)c1)c1cccnc1Sc1ccc(Br)cc1. The van der Waals surface area contributed by atoms with Gasteiger partial charge in [-0.1, -0.05) is 39.8 Å². The van der Waals surface area contributed by atoms with E-state index in [1.54, 1.807) is 29.3 Å². The molecule has 0 saturated carbocycles. The van der Waals surface area contributed by atoms with Crippen LogP contribution in [0.1, 0.15) is 15.9 Å². The fourth-order valence-electron chi connectivity index (χ4n) is 2.71. The molecule has 0 aliphatic carbocycles. The maximum atomic E-state index is 12.9. The fourth-order valence-corrected chi connectivity index (χ4v) is 3.85. The van der Waals surface area contributed by atoms with E-state index in [9.17, 15) is 4.79 Å². The van der Waals surface area contributed by atoms with Crippen LogP contribution in [0.5, 0.6) is 0 Å². The van der Waals surface area contributed by atoms with Crippen LogP contribution in [0.4, 0.5) is 5.69 Å². The van der Waals surface area contributed by atoms with E-state index >= 15 is 0 Å². The van der Waals surface area contributed by atoms with Crippen molar-refractivity contribution < 1.29 is 4.79 Å². The summed E-state index contributed by atoms with van der Waals surface area (Å²) in [6, 6.07) is 19.1. The quantitative estimate of drug-likeness (QED) is 0.438. The maximum absolute atomic E-state index is 12.9. The first-order valence-electron chi connectivity index (χ1n) is 8.78. The predicted octanol–water partition coefficient (Wildman–Crippen LogP) is 4.89. The predicted molar refractivity (Wildman–Crippen MR) is 116 cm³/mol. The molecule has 2 heterocycles. The standard InChI is InChI=1S/C21H16BrN5OS/c22-16-6-8-18(9-7-16)29-21-19(5-2-10-24-21)20(28)26-17-4-1-3-15(11-17)12-27-14-23-13-25-27/h1-11,13-14H,12H2,(H,26,28). The molecule has 8 heteroatoms. The number of rotatable bonds is 6. The van der Waals surface area contributed by atoms with E-state index in [4.69, 9.17) is 0 Å². The molecule has 0 saturated heterocycles. The van der Waals surface area contributed by atoms with Crippen LogP contribution in [0.2, 0.25) is 0 Å². The number of benzene rings is 2. The molecule has 0 aliphatic heterocycles. The van der Waals surface area contributed by atoms with E-state index in [2.05, 4.69) is 36.3 Å². The Morgan fingerprint density at radius 3 is 2.76 bits per heavy atom. The summed E-state index contributed by atoms with van der Waals surface area (Å²) in [4.78, 5) is 22.3. The smallest absolute Gasteiger partial charge is 0.258 e. The van der Waals surface area contributed by atoms with Crippen LogP contribution in [0.15, 0.2) is 93.9 Å². The van der Waals surface area contributed by atoms with Gasteiger partial charge in [0.15, 0.2) is 0 Å².